The molecule has 210 valence electrons. The molecule has 0 saturated heterocycles. The Balaban J connectivity index is 1.58. The number of ether oxygens (including phenoxy) is 1. The lowest BCUT2D eigenvalue weighted by Crippen LogP contribution is -2.49. The quantitative estimate of drug-likeness (QED) is 0.199. The van der Waals surface area contributed by atoms with E-state index in [0.717, 1.165) is 41.4 Å². The Morgan fingerprint density at radius 3 is 2.46 bits per heavy atom. The molecule has 3 aromatic rings. The van der Waals surface area contributed by atoms with Crippen molar-refractivity contribution >= 4 is 38.0 Å². The van der Waals surface area contributed by atoms with E-state index in [0.29, 0.717) is 13.1 Å². The highest BCUT2D eigenvalue weighted by Gasteiger charge is 2.40. The summed E-state index contributed by atoms with van der Waals surface area (Å²) >= 11 is 2.35. The maximum atomic E-state index is 10.9. The van der Waals surface area contributed by atoms with Crippen LogP contribution < -0.4 is 4.74 Å². The zero-order valence-corrected chi connectivity index (χ0v) is 27.8. The average Bonchev–Trinajstić information content (AvgIpc) is 3.20. The molecule has 1 aliphatic rings. The molecule has 9 heteroatoms. The van der Waals surface area contributed by atoms with E-state index in [9.17, 15) is 5.02 Å². The summed E-state index contributed by atoms with van der Waals surface area (Å²) in [5.74, 6) is 1.86. The third-order valence-electron chi connectivity index (χ3n) is 8.30. The minimum Gasteiger partial charge on any atom is -0.489 e. The monoisotopic (exact) mass is 659 g/mol. The number of rotatable bonds is 9. The number of fused-ring (bicyclic) bond motifs is 1. The summed E-state index contributed by atoms with van der Waals surface area (Å²) in [4.78, 5) is 6.94. The Hall–Kier alpha value is -1.66. The number of pyridine rings is 1. The minimum absolute atomic E-state index is 0.0147. The second kappa shape index (κ2) is 12.1. The van der Waals surface area contributed by atoms with Gasteiger partial charge < -0.3 is 23.6 Å². The first-order valence-corrected chi connectivity index (χ1v) is 17.9. The van der Waals surface area contributed by atoms with Crippen LogP contribution in [0.5, 0.6) is 5.75 Å². The van der Waals surface area contributed by atoms with Crippen LogP contribution in [0.15, 0.2) is 48.7 Å². The normalized spacial score (nSPS) is 16.6. The SMILES string of the molecule is CB(O)N(C[C@H]1CCc2cc(I)ccc2O1)C[C@H](O[Si](C)(C)C(C)(C)C)c1ccc(-n2c(C)ccc2C)nc1. The van der Waals surface area contributed by atoms with Crippen molar-refractivity contribution < 1.29 is 14.2 Å². The predicted octanol–water partition coefficient (Wildman–Crippen LogP) is 6.96. The minimum atomic E-state index is -2.12. The fourth-order valence-electron chi connectivity index (χ4n) is 4.89. The smallest absolute Gasteiger partial charge is 0.376 e. The van der Waals surface area contributed by atoms with Gasteiger partial charge in [-0.1, -0.05) is 26.8 Å². The maximum absolute atomic E-state index is 10.9. The Morgan fingerprint density at radius 2 is 1.87 bits per heavy atom. The van der Waals surface area contributed by atoms with E-state index in [4.69, 9.17) is 14.1 Å². The van der Waals surface area contributed by atoms with Crippen molar-refractivity contribution in [1.82, 2.24) is 14.4 Å². The van der Waals surface area contributed by atoms with E-state index in [-0.39, 0.29) is 17.2 Å². The zero-order valence-electron chi connectivity index (χ0n) is 24.7. The number of aryl methyl sites for hydroxylation is 3. The topological polar surface area (TPSA) is 59.8 Å². The number of hydrogen-bond donors (Lipinski definition) is 1. The summed E-state index contributed by atoms with van der Waals surface area (Å²) in [6, 6.07) is 14.8. The standard InChI is InChI=1S/C30H43BIN3O3Si/c1-21-9-10-22(2)35(21)29-16-12-24(18-33-29)28(38-39(7,8)30(3,4)5)20-34(31(6)36)19-26-14-11-23-17-25(32)13-15-27(23)37-26/h9-10,12-13,15-18,26,28,36H,11,14,19-20H2,1-8H3/t26-,28+/m1/s1. The van der Waals surface area contributed by atoms with Crippen molar-refractivity contribution in [2.24, 2.45) is 0 Å². The van der Waals surface area contributed by atoms with Gasteiger partial charge in [0, 0.05) is 34.2 Å². The van der Waals surface area contributed by atoms with Gasteiger partial charge in [0.2, 0.25) is 0 Å². The third-order valence-corrected chi connectivity index (χ3v) is 13.5. The van der Waals surface area contributed by atoms with Gasteiger partial charge in [-0.2, -0.15) is 0 Å². The molecule has 0 aliphatic carbocycles. The van der Waals surface area contributed by atoms with Crippen LogP contribution in [0.4, 0.5) is 0 Å². The number of hydrogen-bond acceptors (Lipinski definition) is 5. The van der Waals surface area contributed by atoms with E-state index >= 15 is 0 Å². The molecule has 0 spiro atoms. The largest absolute Gasteiger partial charge is 0.489 e. The fourth-order valence-corrected chi connectivity index (χ4v) is 6.72. The summed E-state index contributed by atoms with van der Waals surface area (Å²) in [5.41, 5.74) is 4.61. The number of halogens is 1. The Labute approximate surface area is 249 Å². The highest BCUT2D eigenvalue weighted by atomic mass is 127. The van der Waals surface area contributed by atoms with Crippen molar-refractivity contribution in [3.63, 3.8) is 0 Å². The van der Waals surface area contributed by atoms with Crippen molar-refractivity contribution in [1.29, 1.82) is 0 Å². The van der Waals surface area contributed by atoms with Gasteiger partial charge in [0.15, 0.2) is 8.32 Å². The molecular formula is C30H43BIN3O3Si. The van der Waals surface area contributed by atoms with Gasteiger partial charge >= 0.3 is 7.05 Å². The molecule has 1 N–H and O–H groups in total. The molecule has 0 fully saturated rings. The van der Waals surface area contributed by atoms with Crippen LogP contribution in [0, 0.1) is 17.4 Å². The fraction of sp³-hybridized carbons (Fsp3) is 0.500. The molecule has 0 radical (unpaired) electrons. The van der Waals surface area contributed by atoms with Gasteiger partial charge in [0.05, 0.1) is 6.10 Å². The first-order valence-electron chi connectivity index (χ1n) is 13.9. The molecule has 1 aliphatic heterocycles. The lowest BCUT2D eigenvalue weighted by Gasteiger charge is -2.41. The van der Waals surface area contributed by atoms with Crippen LogP contribution in [0.2, 0.25) is 25.0 Å². The van der Waals surface area contributed by atoms with Gasteiger partial charge in [-0.05, 0) is 122 Å². The third kappa shape index (κ3) is 7.17. The number of nitrogens with zero attached hydrogens (tertiary/aromatic N) is 3. The van der Waals surface area contributed by atoms with Crippen LogP contribution in [-0.2, 0) is 10.8 Å². The first kappa shape index (κ1) is 30.3. The van der Waals surface area contributed by atoms with Crippen LogP contribution >= 0.6 is 22.6 Å². The molecule has 39 heavy (non-hydrogen) atoms. The summed E-state index contributed by atoms with van der Waals surface area (Å²) in [5, 5.41) is 10.9. The molecule has 3 heterocycles. The molecule has 0 amide bonds. The van der Waals surface area contributed by atoms with Gasteiger partial charge in [0.1, 0.15) is 17.7 Å². The second-order valence-electron chi connectivity index (χ2n) is 12.4. The summed E-state index contributed by atoms with van der Waals surface area (Å²) in [6.45, 7) is 18.6. The van der Waals surface area contributed by atoms with Gasteiger partial charge in [-0.3, -0.25) is 0 Å². The van der Waals surface area contributed by atoms with Gasteiger partial charge in [0.25, 0.3) is 0 Å². The Bertz CT molecular complexity index is 1250. The molecule has 0 bridgehead atoms. The molecule has 4 rings (SSSR count). The average molecular weight is 659 g/mol. The maximum Gasteiger partial charge on any atom is 0.376 e. The van der Waals surface area contributed by atoms with Crippen LogP contribution in [-0.4, -0.2) is 53.9 Å². The van der Waals surface area contributed by atoms with E-state index in [1.165, 1.54) is 9.13 Å². The molecule has 6 nitrogen and oxygen atoms in total. The first-order chi connectivity index (χ1) is 18.2. The van der Waals surface area contributed by atoms with Crippen LogP contribution in [0.25, 0.3) is 5.82 Å². The summed E-state index contributed by atoms with van der Waals surface area (Å²) < 4.78 is 16.8. The van der Waals surface area contributed by atoms with E-state index < -0.39 is 15.4 Å². The summed E-state index contributed by atoms with van der Waals surface area (Å²) in [6.07, 6.45) is 3.65. The number of aromatic nitrogens is 2. The molecule has 2 atom stereocenters. The zero-order chi connectivity index (χ0) is 28.5. The van der Waals surface area contributed by atoms with Crippen molar-refractivity contribution in [2.75, 3.05) is 13.1 Å². The lowest BCUT2D eigenvalue weighted by atomic mass is 9.83. The lowest BCUT2D eigenvalue weighted by molar-refractivity contribution is 0.105. The van der Waals surface area contributed by atoms with Gasteiger partial charge in [-0.25, -0.2) is 4.98 Å². The Kier molecular flexibility index (Phi) is 9.37. The molecule has 0 saturated carbocycles. The molecular weight excluding hydrogens is 616 g/mol. The van der Waals surface area contributed by atoms with Crippen molar-refractivity contribution in [2.45, 2.75) is 84.6 Å². The second-order valence-corrected chi connectivity index (χ2v) is 18.4. The van der Waals surface area contributed by atoms with E-state index in [2.05, 4.69) is 122 Å². The highest BCUT2D eigenvalue weighted by molar-refractivity contribution is 14.1. The van der Waals surface area contributed by atoms with Crippen molar-refractivity contribution in [3.05, 3.63) is 74.7 Å². The van der Waals surface area contributed by atoms with Crippen LogP contribution in [0.1, 0.15) is 55.8 Å². The van der Waals surface area contributed by atoms with Crippen molar-refractivity contribution in [3.8, 4) is 11.6 Å². The van der Waals surface area contributed by atoms with E-state index in [1.54, 1.807) is 0 Å². The predicted molar refractivity (Wildman–Crippen MR) is 171 cm³/mol. The van der Waals surface area contributed by atoms with Gasteiger partial charge in [-0.15, -0.1) is 0 Å². The molecule has 0 unspecified atom stereocenters. The summed E-state index contributed by atoms with van der Waals surface area (Å²) in [7, 11) is -2.75. The van der Waals surface area contributed by atoms with E-state index in [1.807, 2.05) is 13.0 Å². The molecule has 2 aromatic heterocycles. The van der Waals surface area contributed by atoms with Crippen LogP contribution in [0.3, 0.4) is 0 Å². The highest BCUT2D eigenvalue weighted by Crippen LogP contribution is 2.40. The Morgan fingerprint density at radius 1 is 1.18 bits per heavy atom. The number of benzene rings is 1. The molecule has 1 aromatic carbocycles.